The number of nitrogens with one attached hydrogen (secondary N) is 2. The van der Waals surface area contributed by atoms with E-state index in [0.29, 0.717) is 13.0 Å². The molecule has 5 heteroatoms. The summed E-state index contributed by atoms with van der Waals surface area (Å²) >= 11 is 0. The molecule has 1 heterocycles. The van der Waals surface area contributed by atoms with E-state index in [9.17, 15) is 4.79 Å². The molecule has 1 atom stereocenters. The topological polar surface area (TPSA) is 83.8 Å². The van der Waals surface area contributed by atoms with E-state index in [-0.39, 0.29) is 11.9 Å². The Kier molecular flexibility index (Phi) is 3.64. The van der Waals surface area contributed by atoms with Crippen LogP contribution in [0.2, 0.25) is 0 Å². The van der Waals surface area contributed by atoms with Gasteiger partial charge >= 0.3 is 0 Å². The zero-order valence-electron chi connectivity index (χ0n) is 8.50. The van der Waals surface area contributed by atoms with Crippen molar-refractivity contribution in [3.8, 4) is 0 Å². The largest absolute Gasteiger partial charge is 0.354 e. The van der Waals surface area contributed by atoms with Crippen molar-refractivity contribution in [3.63, 3.8) is 0 Å². The first kappa shape index (κ1) is 10.7. The van der Waals surface area contributed by atoms with Gasteiger partial charge in [0.25, 0.3) is 0 Å². The molecule has 14 heavy (non-hydrogen) atoms. The normalized spacial score (nSPS) is 12.5. The van der Waals surface area contributed by atoms with E-state index >= 15 is 0 Å². The van der Waals surface area contributed by atoms with E-state index in [0.717, 1.165) is 11.3 Å². The number of amides is 1. The van der Waals surface area contributed by atoms with E-state index in [1.165, 1.54) is 0 Å². The predicted molar refractivity (Wildman–Crippen MR) is 53.7 cm³/mol. The van der Waals surface area contributed by atoms with Gasteiger partial charge in [-0.2, -0.15) is 5.10 Å². The Labute approximate surface area is 83.1 Å². The highest BCUT2D eigenvalue weighted by Crippen LogP contribution is 2.02. The van der Waals surface area contributed by atoms with E-state index < -0.39 is 0 Å². The number of hydrogen-bond donors (Lipinski definition) is 3. The molecule has 0 aromatic carbocycles. The molecule has 0 saturated heterocycles. The van der Waals surface area contributed by atoms with Gasteiger partial charge in [-0.3, -0.25) is 9.89 Å². The summed E-state index contributed by atoms with van der Waals surface area (Å²) in [5, 5.41) is 9.37. The number of aryl methyl sites for hydroxylation is 1. The molecule has 0 fully saturated rings. The van der Waals surface area contributed by atoms with Gasteiger partial charge in [-0.05, 0) is 13.8 Å². The third kappa shape index (κ3) is 3.18. The van der Waals surface area contributed by atoms with Gasteiger partial charge in [0, 0.05) is 23.8 Å². The lowest BCUT2D eigenvalue weighted by Gasteiger charge is -2.06. The first-order valence-corrected chi connectivity index (χ1v) is 4.60. The van der Waals surface area contributed by atoms with E-state index in [4.69, 9.17) is 5.73 Å². The fraction of sp³-hybridized carbons (Fsp3) is 0.556. The number of nitrogens with two attached hydrogens (primary N) is 1. The summed E-state index contributed by atoms with van der Waals surface area (Å²) in [5.74, 6) is -0.0215. The van der Waals surface area contributed by atoms with Crippen molar-refractivity contribution in [1.82, 2.24) is 15.5 Å². The van der Waals surface area contributed by atoms with Crippen LogP contribution in [0.4, 0.5) is 0 Å². The smallest absolute Gasteiger partial charge is 0.224 e. The van der Waals surface area contributed by atoms with Crippen LogP contribution in [0.15, 0.2) is 6.20 Å². The second-order valence-corrected chi connectivity index (χ2v) is 3.48. The quantitative estimate of drug-likeness (QED) is 0.619. The van der Waals surface area contributed by atoms with Gasteiger partial charge in [0.2, 0.25) is 5.91 Å². The molecule has 4 N–H and O–H groups in total. The van der Waals surface area contributed by atoms with Crippen LogP contribution in [0.25, 0.3) is 0 Å². The Morgan fingerprint density at radius 1 is 1.79 bits per heavy atom. The maximum atomic E-state index is 11.4. The lowest BCUT2D eigenvalue weighted by atomic mass is 10.2. The molecule has 5 nitrogen and oxygen atoms in total. The molecule has 0 aliphatic carbocycles. The molecular formula is C9H16N4O. The second-order valence-electron chi connectivity index (χ2n) is 3.48. The first-order valence-electron chi connectivity index (χ1n) is 4.60. The molecule has 1 unspecified atom stereocenters. The van der Waals surface area contributed by atoms with Crippen LogP contribution in [0.1, 0.15) is 18.2 Å². The predicted octanol–water partition coefficient (Wildman–Crippen LogP) is -0.276. The highest BCUT2D eigenvalue weighted by Gasteiger charge is 2.07. The minimum atomic E-state index is -0.0215. The number of hydrogen-bond acceptors (Lipinski definition) is 3. The highest BCUT2D eigenvalue weighted by molar-refractivity contribution is 5.78. The monoisotopic (exact) mass is 196 g/mol. The van der Waals surface area contributed by atoms with Gasteiger partial charge in [-0.25, -0.2) is 0 Å². The number of carbonyl (C=O) groups is 1. The van der Waals surface area contributed by atoms with Crippen LogP contribution in [-0.4, -0.2) is 28.7 Å². The molecule has 0 aliphatic rings. The van der Waals surface area contributed by atoms with Crippen molar-refractivity contribution in [2.45, 2.75) is 26.3 Å². The van der Waals surface area contributed by atoms with Gasteiger partial charge in [0.1, 0.15) is 0 Å². The summed E-state index contributed by atoms with van der Waals surface area (Å²) in [6.07, 6.45) is 2.02. The first-order chi connectivity index (χ1) is 6.59. The molecule has 1 aromatic heterocycles. The number of H-pyrrole nitrogens is 1. The van der Waals surface area contributed by atoms with Crippen LogP contribution in [-0.2, 0) is 11.2 Å². The molecule has 1 rings (SSSR count). The lowest BCUT2D eigenvalue weighted by molar-refractivity contribution is -0.120. The SMILES string of the molecule is Cc1[nH]ncc1CC(=O)NCC(C)N. The minimum Gasteiger partial charge on any atom is -0.354 e. The molecule has 78 valence electrons. The van der Waals surface area contributed by atoms with Crippen LogP contribution in [0.5, 0.6) is 0 Å². The van der Waals surface area contributed by atoms with Gasteiger partial charge < -0.3 is 11.1 Å². The maximum absolute atomic E-state index is 11.4. The van der Waals surface area contributed by atoms with E-state index in [1.54, 1.807) is 6.20 Å². The molecule has 1 aromatic rings. The minimum absolute atomic E-state index is 0.00982. The van der Waals surface area contributed by atoms with Gasteiger partial charge in [-0.15, -0.1) is 0 Å². The zero-order valence-corrected chi connectivity index (χ0v) is 8.50. The lowest BCUT2D eigenvalue weighted by Crippen LogP contribution is -2.35. The summed E-state index contributed by atoms with van der Waals surface area (Å²) in [6, 6.07) is -0.00982. The van der Waals surface area contributed by atoms with Crippen LogP contribution >= 0.6 is 0 Å². The fourth-order valence-electron chi connectivity index (χ4n) is 1.06. The van der Waals surface area contributed by atoms with Crippen molar-refractivity contribution in [2.75, 3.05) is 6.54 Å². The van der Waals surface area contributed by atoms with Crippen molar-refractivity contribution in [3.05, 3.63) is 17.5 Å². The average Bonchev–Trinajstić information content (AvgIpc) is 2.49. The summed E-state index contributed by atoms with van der Waals surface area (Å²) in [5.41, 5.74) is 7.37. The maximum Gasteiger partial charge on any atom is 0.224 e. The Morgan fingerprint density at radius 3 is 3.00 bits per heavy atom. The Balaban J connectivity index is 2.38. The number of rotatable bonds is 4. The summed E-state index contributed by atoms with van der Waals surface area (Å²) in [6.45, 7) is 4.25. The molecular weight excluding hydrogens is 180 g/mol. The van der Waals surface area contributed by atoms with Gasteiger partial charge in [-0.1, -0.05) is 0 Å². The highest BCUT2D eigenvalue weighted by atomic mass is 16.1. The summed E-state index contributed by atoms with van der Waals surface area (Å²) < 4.78 is 0. The second kappa shape index (κ2) is 4.76. The standard InChI is InChI=1S/C9H16N4O/c1-6(10)4-11-9(14)3-8-5-12-13-7(8)2/h5-6H,3-4,10H2,1-2H3,(H,11,14)(H,12,13). The van der Waals surface area contributed by atoms with Crippen molar-refractivity contribution < 1.29 is 4.79 Å². The Hall–Kier alpha value is -1.36. The molecule has 0 aliphatic heterocycles. The van der Waals surface area contributed by atoms with Crippen LogP contribution < -0.4 is 11.1 Å². The van der Waals surface area contributed by atoms with Crippen molar-refractivity contribution >= 4 is 5.91 Å². The molecule has 0 bridgehead atoms. The van der Waals surface area contributed by atoms with Crippen molar-refractivity contribution in [2.24, 2.45) is 5.73 Å². The summed E-state index contributed by atoms with van der Waals surface area (Å²) in [4.78, 5) is 11.4. The van der Waals surface area contributed by atoms with Gasteiger partial charge in [0.05, 0.1) is 12.6 Å². The fourth-order valence-corrected chi connectivity index (χ4v) is 1.06. The summed E-state index contributed by atoms with van der Waals surface area (Å²) in [7, 11) is 0. The number of nitrogens with zero attached hydrogens (tertiary/aromatic N) is 1. The van der Waals surface area contributed by atoms with Gasteiger partial charge in [0.15, 0.2) is 0 Å². The average molecular weight is 196 g/mol. The molecule has 0 spiro atoms. The Bertz CT molecular complexity index is 306. The van der Waals surface area contributed by atoms with E-state index in [2.05, 4.69) is 15.5 Å². The molecule has 1 amide bonds. The molecule has 0 saturated carbocycles. The Morgan fingerprint density at radius 2 is 2.50 bits per heavy atom. The number of aromatic amines is 1. The number of carbonyl (C=O) groups excluding carboxylic acids is 1. The van der Waals surface area contributed by atoms with Crippen LogP contribution in [0.3, 0.4) is 0 Å². The third-order valence-electron chi connectivity index (χ3n) is 1.91. The number of aromatic nitrogens is 2. The molecule has 0 radical (unpaired) electrons. The van der Waals surface area contributed by atoms with Crippen LogP contribution in [0, 0.1) is 6.92 Å². The van der Waals surface area contributed by atoms with E-state index in [1.807, 2.05) is 13.8 Å². The van der Waals surface area contributed by atoms with Crippen molar-refractivity contribution in [1.29, 1.82) is 0 Å². The zero-order chi connectivity index (χ0) is 10.6. The third-order valence-corrected chi connectivity index (χ3v) is 1.91.